The minimum absolute atomic E-state index is 0.331. The SMILES string of the molecule is N[C@@H](c1ccc2ccc3cccc4ccc1c2c34)[C@H](O)C1CCCCC1. The van der Waals surface area contributed by atoms with Crippen LogP contribution in [-0.4, -0.2) is 11.2 Å². The van der Waals surface area contributed by atoms with Crippen molar-refractivity contribution >= 4 is 32.3 Å². The van der Waals surface area contributed by atoms with Crippen LogP contribution in [0.15, 0.2) is 54.6 Å². The molecule has 0 amide bonds. The highest BCUT2D eigenvalue weighted by atomic mass is 16.3. The molecule has 1 saturated carbocycles. The number of hydrogen-bond donors (Lipinski definition) is 2. The second-order valence-corrected chi connectivity index (χ2v) is 7.93. The van der Waals surface area contributed by atoms with E-state index in [1.165, 1.54) is 51.6 Å². The molecule has 0 aromatic heterocycles. The molecule has 0 spiro atoms. The van der Waals surface area contributed by atoms with Crippen LogP contribution in [0, 0.1) is 5.92 Å². The maximum Gasteiger partial charge on any atom is 0.0761 e. The molecule has 5 rings (SSSR count). The molecule has 4 aromatic rings. The zero-order chi connectivity index (χ0) is 17.7. The van der Waals surface area contributed by atoms with Gasteiger partial charge in [-0.05, 0) is 56.6 Å². The summed E-state index contributed by atoms with van der Waals surface area (Å²) >= 11 is 0. The van der Waals surface area contributed by atoms with Crippen molar-refractivity contribution in [3.8, 4) is 0 Å². The van der Waals surface area contributed by atoms with Gasteiger partial charge in [0.1, 0.15) is 0 Å². The first kappa shape index (κ1) is 16.0. The van der Waals surface area contributed by atoms with Gasteiger partial charge in [-0.25, -0.2) is 0 Å². The van der Waals surface area contributed by atoms with E-state index in [0.29, 0.717) is 5.92 Å². The van der Waals surface area contributed by atoms with Crippen LogP contribution in [0.25, 0.3) is 32.3 Å². The maximum absolute atomic E-state index is 11.0. The molecule has 2 nitrogen and oxygen atoms in total. The van der Waals surface area contributed by atoms with Gasteiger partial charge in [0.25, 0.3) is 0 Å². The van der Waals surface area contributed by atoms with Crippen molar-refractivity contribution in [3.63, 3.8) is 0 Å². The van der Waals surface area contributed by atoms with Crippen molar-refractivity contribution in [1.29, 1.82) is 0 Å². The van der Waals surface area contributed by atoms with E-state index in [9.17, 15) is 5.11 Å². The van der Waals surface area contributed by atoms with Gasteiger partial charge in [0.15, 0.2) is 0 Å². The summed E-state index contributed by atoms with van der Waals surface area (Å²) < 4.78 is 0. The number of benzene rings is 4. The minimum Gasteiger partial charge on any atom is -0.391 e. The Morgan fingerprint density at radius 2 is 1.38 bits per heavy atom. The van der Waals surface area contributed by atoms with Crippen LogP contribution in [0.1, 0.15) is 43.7 Å². The molecule has 1 fully saturated rings. The Morgan fingerprint density at radius 1 is 0.769 bits per heavy atom. The van der Waals surface area contributed by atoms with Crippen molar-refractivity contribution < 1.29 is 5.11 Å². The van der Waals surface area contributed by atoms with Gasteiger partial charge < -0.3 is 10.8 Å². The van der Waals surface area contributed by atoms with Gasteiger partial charge >= 0.3 is 0 Å². The summed E-state index contributed by atoms with van der Waals surface area (Å²) in [5, 5.41) is 18.5. The molecule has 4 aromatic carbocycles. The van der Waals surface area contributed by atoms with Gasteiger partial charge in [-0.1, -0.05) is 73.9 Å². The van der Waals surface area contributed by atoms with Gasteiger partial charge in [-0.2, -0.15) is 0 Å². The van der Waals surface area contributed by atoms with Gasteiger partial charge in [-0.15, -0.1) is 0 Å². The third-order valence-electron chi connectivity index (χ3n) is 6.42. The second-order valence-electron chi connectivity index (χ2n) is 7.93. The van der Waals surface area contributed by atoms with E-state index in [1.54, 1.807) is 0 Å². The standard InChI is InChI=1S/C24H25NO/c25-23(24(26)18-5-2-1-3-6-18)20-14-12-17-10-9-15-7-4-8-16-11-13-19(20)22(17)21(15)16/h4,7-14,18,23-24,26H,1-3,5-6,25H2/t23-,24+/m0/s1. The molecule has 132 valence electrons. The van der Waals surface area contributed by atoms with Crippen LogP contribution in [-0.2, 0) is 0 Å². The Morgan fingerprint density at radius 3 is 2.12 bits per heavy atom. The molecule has 2 heteroatoms. The lowest BCUT2D eigenvalue weighted by atomic mass is 9.80. The normalized spacial score (nSPS) is 18.7. The molecule has 0 unspecified atom stereocenters. The Labute approximate surface area is 154 Å². The first-order chi connectivity index (χ1) is 12.7. The molecular formula is C24H25NO. The fourth-order valence-corrected chi connectivity index (χ4v) is 5.00. The van der Waals surface area contributed by atoms with Crippen LogP contribution < -0.4 is 5.73 Å². The average molecular weight is 343 g/mol. The minimum atomic E-state index is -0.464. The topological polar surface area (TPSA) is 46.2 Å². The zero-order valence-electron chi connectivity index (χ0n) is 15.0. The van der Waals surface area contributed by atoms with Crippen molar-refractivity contribution in [2.75, 3.05) is 0 Å². The number of aliphatic hydroxyl groups is 1. The van der Waals surface area contributed by atoms with Crippen LogP contribution in [0.3, 0.4) is 0 Å². The summed E-state index contributed by atoms with van der Waals surface area (Å²) in [6.45, 7) is 0. The predicted molar refractivity (Wildman–Crippen MR) is 110 cm³/mol. The van der Waals surface area contributed by atoms with Crippen molar-refractivity contribution in [2.24, 2.45) is 11.7 Å². The smallest absolute Gasteiger partial charge is 0.0761 e. The number of rotatable bonds is 3. The van der Waals surface area contributed by atoms with E-state index in [1.807, 2.05) is 0 Å². The molecule has 0 radical (unpaired) electrons. The van der Waals surface area contributed by atoms with Gasteiger partial charge in [-0.3, -0.25) is 0 Å². The summed E-state index contributed by atoms with van der Waals surface area (Å²) in [5.74, 6) is 0.331. The van der Waals surface area contributed by atoms with Crippen molar-refractivity contribution in [3.05, 3.63) is 60.2 Å². The van der Waals surface area contributed by atoms with E-state index >= 15 is 0 Å². The molecule has 3 N–H and O–H groups in total. The predicted octanol–water partition coefficient (Wildman–Crippen LogP) is 5.53. The van der Waals surface area contributed by atoms with Gasteiger partial charge in [0, 0.05) is 0 Å². The van der Waals surface area contributed by atoms with Crippen LogP contribution in [0.5, 0.6) is 0 Å². The molecule has 2 atom stereocenters. The largest absolute Gasteiger partial charge is 0.391 e. The molecule has 1 aliphatic rings. The maximum atomic E-state index is 11.0. The first-order valence-corrected chi connectivity index (χ1v) is 9.84. The summed E-state index contributed by atoms with van der Waals surface area (Å²) in [4.78, 5) is 0. The summed E-state index contributed by atoms with van der Waals surface area (Å²) in [6.07, 6.45) is 5.45. The van der Waals surface area contributed by atoms with E-state index < -0.39 is 6.10 Å². The molecular weight excluding hydrogens is 318 g/mol. The number of hydrogen-bond acceptors (Lipinski definition) is 2. The van der Waals surface area contributed by atoms with Gasteiger partial charge in [0.05, 0.1) is 12.1 Å². The molecule has 0 aliphatic heterocycles. The molecule has 0 bridgehead atoms. The summed E-state index contributed by atoms with van der Waals surface area (Å²) in [6, 6.07) is 19.2. The summed E-state index contributed by atoms with van der Waals surface area (Å²) in [7, 11) is 0. The highest BCUT2D eigenvalue weighted by Crippen LogP contribution is 2.39. The van der Waals surface area contributed by atoms with Crippen LogP contribution >= 0.6 is 0 Å². The first-order valence-electron chi connectivity index (χ1n) is 9.84. The Bertz CT molecular complexity index is 1050. The monoisotopic (exact) mass is 343 g/mol. The van der Waals surface area contributed by atoms with Crippen molar-refractivity contribution in [2.45, 2.75) is 44.2 Å². The van der Waals surface area contributed by atoms with Crippen LogP contribution in [0.4, 0.5) is 0 Å². The average Bonchev–Trinajstić information content (AvgIpc) is 2.71. The summed E-state index contributed by atoms with van der Waals surface area (Å²) in [5.41, 5.74) is 7.70. The third-order valence-corrected chi connectivity index (χ3v) is 6.42. The van der Waals surface area contributed by atoms with E-state index in [0.717, 1.165) is 18.4 Å². The Balaban J connectivity index is 1.68. The van der Waals surface area contributed by atoms with E-state index in [4.69, 9.17) is 5.73 Å². The number of aliphatic hydroxyl groups excluding tert-OH is 1. The molecule has 0 heterocycles. The van der Waals surface area contributed by atoms with Gasteiger partial charge in [0.2, 0.25) is 0 Å². The second kappa shape index (κ2) is 6.22. The highest BCUT2D eigenvalue weighted by Gasteiger charge is 2.28. The lowest BCUT2D eigenvalue weighted by Gasteiger charge is -2.31. The number of nitrogens with two attached hydrogens (primary N) is 1. The highest BCUT2D eigenvalue weighted by molar-refractivity contribution is 6.23. The third kappa shape index (κ3) is 2.40. The molecule has 26 heavy (non-hydrogen) atoms. The van der Waals surface area contributed by atoms with Crippen LogP contribution in [0.2, 0.25) is 0 Å². The van der Waals surface area contributed by atoms with Crippen molar-refractivity contribution in [1.82, 2.24) is 0 Å². The zero-order valence-corrected chi connectivity index (χ0v) is 15.0. The fourth-order valence-electron chi connectivity index (χ4n) is 5.00. The Kier molecular flexibility index (Phi) is 3.84. The molecule has 1 aliphatic carbocycles. The lowest BCUT2D eigenvalue weighted by Crippen LogP contribution is -2.34. The fraction of sp³-hybridized carbons (Fsp3) is 0.333. The van der Waals surface area contributed by atoms with E-state index in [2.05, 4.69) is 54.6 Å². The van der Waals surface area contributed by atoms with E-state index in [-0.39, 0.29) is 6.04 Å². The quantitative estimate of drug-likeness (QED) is 0.481. The Hall–Kier alpha value is -2.16. The molecule has 0 saturated heterocycles. The lowest BCUT2D eigenvalue weighted by molar-refractivity contribution is 0.0622.